The molecule has 19 heavy (non-hydrogen) atoms. The van der Waals surface area contributed by atoms with Gasteiger partial charge in [0.25, 0.3) is 0 Å². The van der Waals surface area contributed by atoms with Crippen LogP contribution in [0.25, 0.3) is 0 Å². The van der Waals surface area contributed by atoms with Gasteiger partial charge in [-0.15, -0.1) is 0 Å². The fraction of sp³-hybridized carbons (Fsp3) is 0.625. The molecule has 108 valence electrons. The summed E-state index contributed by atoms with van der Waals surface area (Å²) in [4.78, 5) is 2.34. The van der Waals surface area contributed by atoms with Crippen LogP contribution in [0.5, 0.6) is 0 Å². The van der Waals surface area contributed by atoms with Gasteiger partial charge in [-0.25, -0.2) is 0 Å². The maximum absolute atomic E-state index is 5.02. The largest absolute Gasteiger partial charge is 0.383 e. The quantitative estimate of drug-likeness (QED) is 0.731. The first-order chi connectivity index (χ1) is 9.04. The molecule has 0 aliphatic rings. The van der Waals surface area contributed by atoms with Crippen LogP contribution >= 0.6 is 0 Å². The fourth-order valence-corrected chi connectivity index (χ4v) is 2.31. The van der Waals surface area contributed by atoms with Crippen molar-refractivity contribution in [3.05, 3.63) is 29.3 Å². The highest BCUT2D eigenvalue weighted by Gasteiger charge is 2.07. The normalized spacial score (nSPS) is 11.1. The highest BCUT2D eigenvalue weighted by molar-refractivity contribution is 5.53. The Balaban J connectivity index is 2.58. The highest BCUT2D eigenvalue weighted by atomic mass is 16.5. The van der Waals surface area contributed by atoms with Crippen LogP contribution in [0.1, 0.15) is 25.0 Å². The molecule has 0 amide bonds. The summed E-state index contributed by atoms with van der Waals surface area (Å²) < 4.78 is 5.02. The van der Waals surface area contributed by atoms with Gasteiger partial charge in [0.15, 0.2) is 0 Å². The maximum Gasteiger partial charge on any atom is 0.0587 e. The molecule has 1 aromatic rings. The summed E-state index contributed by atoms with van der Waals surface area (Å²) in [6, 6.07) is 6.70. The summed E-state index contributed by atoms with van der Waals surface area (Å²) in [7, 11) is 3.89. The minimum absolute atomic E-state index is 0.680. The van der Waals surface area contributed by atoms with E-state index in [-0.39, 0.29) is 0 Å². The third-order valence-electron chi connectivity index (χ3n) is 3.12. The van der Waals surface area contributed by atoms with Gasteiger partial charge in [0.2, 0.25) is 0 Å². The molecule has 0 aliphatic carbocycles. The van der Waals surface area contributed by atoms with Gasteiger partial charge in [0.05, 0.1) is 6.61 Å². The molecule has 0 spiro atoms. The average molecular weight is 264 g/mol. The third-order valence-corrected chi connectivity index (χ3v) is 3.12. The summed E-state index contributed by atoms with van der Waals surface area (Å²) in [5.41, 5.74) is 4.00. The predicted molar refractivity (Wildman–Crippen MR) is 82.9 cm³/mol. The van der Waals surface area contributed by atoms with Crippen LogP contribution in [-0.2, 0) is 11.3 Å². The fourth-order valence-electron chi connectivity index (χ4n) is 2.31. The van der Waals surface area contributed by atoms with E-state index in [1.54, 1.807) is 7.11 Å². The Labute approximate surface area is 118 Å². The molecule has 0 saturated carbocycles. The molecule has 1 N–H and O–H groups in total. The van der Waals surface area contributed by atoms with Gasteiger partial charge in [0.1, 0.15) is 0 Å². The van der Waals surface area contributed by atoms with E-state index in [0.29, 0.717) is 5.92 Å². The van der Waals surface area contributed by atoms with E-state index in [4.69, 9.17) is 4.74 Å². The number of ether oxygens (including phenoxy) is 1. The van der Waals surface area contributed by atoms with Crippen LogP contribution in [0.3, 0.4) is 0 Å². The highest BCUT2D eigenvalue weighted by Crippen LogP contribution is 2.21. The lowest BCUT2D eigenvalue weighted by Crippen LogP contribution is -2.23. The van der Waals surface area contributed by atoms with Crippen molar-refractivity contribution in [2.45, 2.75) is 27.3 Å². The molecule has 3 nitrogen and oxygen atoms in total. The van der Waals surface area contributed by atoms with Crippen molar-refractivity contribution < 1.29 is 4.74 Å². The van der Waals surface area contributed by atoms with Crippen molar-refractivity contribution in [1.29, 1.82) is 0 Å². The van der Waals surface area contributed by atoms with E-state index in [9.17, 15) is 0 Å². The Morgan fingerprint density at radius 1 is 1.32 bits per heavy atom. The number of hydrogen-bond donors (Lipinski definition) is 1. The molecule has 0 radical (unpaired) electrons. The second kappa shape index (κ2) is 8.18. The van der Waals surface area contributed by atoms with E-state index >= 15 is 0 Å². The van der Waals surface area contributed by atoms with Gasteiger partial charge < -0.3 is 15.0 Å². The Morgan fingerprint density at radius 2 is 2.05 bits per heavy atom. The average Bonchev–Trinajstić information content (AvgIpc) is 2.33. The van der Waals surface area contributed by atoms with Crippen molar-refractivity contribution >= 4 is 5.69 Å². The predicted octanol–water partition coefficient (Wildman–Crippen LogP) is 2.82. The molecule has 0 aromatic heterocycles. The third kappa shape index (κ3) is 5.62. The van der Waals surface area contributed by atoms with Gasteiger partial charge in [-0.05, 0) is 30.0 Å². The maximum atomic E-state index is 5.02. The van der Waals surface area contributed by atoms with Crippen molar-refractivity contribution in [2.75, 3.05) is 38.8 Å². The lowest BCUT2D eigenvalue weighted by atomic mass is 10.1. The minimum atomic E-state index is 0.680. The first-order valence-electron chi connectivity index (χ1n) is 7.05. The number of nitrogens with one attached hydrogen (secondary N) is 1. The minimum Gasteiger partial charge on any atom is -0.383 e. The second-order valence-corrected chi connectivity index (χ2v) is 5.56. The Kier molecular flexibility index (Phi) is 6.89. The lowest BCUT2D eigenvalue weighted by Gasteiger charge is -2.24. The lowest BCUT2D eigenvalue weighted by molar-refractivity contribution is 0.199. The second-order valence-electron chi connectivity index (χ2n) is 5.56. The van der Waals surface area contributed by atoms with Crippen LogP contribution in [0.15, 0.2) is 18.2 Å². The number of rotatable bonds is 8. The van der Waals surface area contributed by atoms with E-state index in [1.165, 1.54) is 16.8 Å². The summed E-state index contributed by atoms with van der Waals surface area (Å²) in [5, 5.41) is 3.37. The monoisotopic (exact) mass is 264 g/mol. The van der Waals surface area contributed by atoms with Gasteiger partial charge in [-0.3, -0.25) is 0 Å². The number of aryl methyl sites for hydroxylation is 1. The zero-order valence-electron chi connectivity index (χ0n) is 13.0. The van der Waals surface area contributed by atoms with E-state index in [1.807, 2.05) is 0 Å². The van der Waals surface area contributed by atoms with E-state index < -0.39 is 0 Å². The van der Waals surface area contributed by atoms with Crippen molar-refractivity contribution in [1.82, 2.24) is 5.32 Å². The number of hydrogen-bond acceptors (Lipinski definition) is 3. The van der Waals surface area contributed by atoms with Crippen LogP contribution in [0, 0.1) is 12.8 Å². The van der Waals surface area contributed by atoms with Gasteiger partial charge in [-0.2, -0.15) is 0 Å². The summed E-state index contributed by atoms with van der Waals surface area (Å²) in [5.74, 6) is 0.680. The number of methoxy groups -OCH3 is 1. The van der Waals surface area contributed by atoms with Gasteiger partial charge >= 0.3 is 0 Å². The molecule has 0 saturated heterocycles. The molecule has 0 unspecified atom stereocenters. The summed E-state index contributed by atoms with van der Waals surface area (Å²) in [6.45, 7) is 10.3. The summed E-state index contributed by atoms with van der Waals surface area (Å²) >= 11 is 0. The molecular weight excluding hydrogens is 236 g/mol. The van der Waals surface area contributed by atoms with E-state index in [2.05, 4.69) is 56.2 Å². The van der Waals surface area contributed by atoms with Gasteiger partial charge in [0, 0.05) is 39.5 Å². The first kappa shape index (κ1) is 16.0. The van der Waals surface area contributed by atoms with Crippen LogP contribution in [0.4, 0.5) is 5.69 Å². The Bertz CT molecular complexity index is 377. The number of benzene rings is 1. The molecule has 0 bridgehead atoms. The zero-order chi connectivity index (χ0) is 14.3. The molecule has 0 aliphatic heterocycles. The smallest absolute Gasteiger partial charge is 0.0587 e. The van der Waals surface area contributed by atoms with Crippen molar-refractivity contribution in [3.8, 4) is 0 Å². The molecule has 0 atom stereocenters. The summed E-state index contributed by atoms with van der Waals surface area (Å²) in [6.07, 6.45) is 0. The number of anilines is 1. The SMILES string of the molecule is COCCNCc1ccc(N(C)CC(C)C)c(C)c1. The molecule has 1 rings (SSSR count). The van der Waals surface area contributed by atoms with Crippen molar-refractivity contribution in [3.63, 3.8) is 0 Å². The zero-order valence-corrected chi connectivity index (χ0v) is 13.0. The molecule has 0 fully saturated rings. The molecule has 1 aromatic carbocycles. The number of nitrogens with zero attached hydrogens (tertiary/aromatic N) is 1. The van der Waals surface area contributed by atoms with Crippen LogP contribution < -0.4 is 10.2 Å². The van der Waals surface area contributed by atoms with Gasteiger partial charge in [-0.1, -0.05) is 26.0 Å². The van der Waals surface area contributed by atoms with E-state index in [0.717, 1.165) is 26.2 Å². The Hall–Kier alpha value is -1.06. The first-order valence-corrected chi connectivity index (χ1v) is 7.05. The van der Waals surface area contributed by atoms with Crippen LogP contribution in [-0.4, -0.2) is 33.9 Å². The standard InChI is InChI=1S/C16H28N2O/c1-13(2)12-18(4)16-7-6-15(10-14(16)3)11-17-8-9-19-5/h6-7,10,13,17H,8-9,11-12H2,1-5H3. The molecular formula is C16H28N2O. The van der Waals surface area contributed by atoms with Crippen molar-refractivity contribution in [2.24, 2.45) is 5.92 Å². The topological polar surface area (TPSA) is 24.5 Å². The van der Waals surface area contributed by atoms with Crippen LogP contribution in [0.2, 0.25) is 0 Å². The molecule has 3 heteroatoms. The Morgan fingerprint density at radius 3 is 2.63 bits per heavy atom. The molecule has 0 heterocycles.